The number of carbonyl (C=O) groups excluding carboxylic acids is 1. The number of benzene rings is 1. The number of hydrogen-bond acceptors (Lipinski definition) is 4. The third kappa shape index (κ3) is 3.65. The van der Waals surface area contributed by atoms with Gasteiger partial charge in [0.05, 0.1) is 19.1 Å². The number of halogens is 2. The van der Waals surface area contributed by atoms with Gasteiger partial charge in [-0.25, -0.2) is 0 Å². The van der Waals surface area contributed by atoms with Crippen molar-refractivity contribution in [2.45, 2.75) is 41.0 Å². The number of hydrogen-bond donors (Lipinski definition) is 1. The molecule has 2 aromatic rings. The van der Waals surface area contributed by atoms with Gasteiger partial charge in [0.15, 0.2) is 0 Å². The van der Waals surface area contributed by atoms with E-state index in [0.29, 0.717) is 22.0 Å². The number of amides is 1. The summed E-state index contributed by atoms with van der Waals surface area (Å²) in [6.07, 6.45) is 2.38. The molecule has 0 saturated carbocycles. The fourth-order valence-corrected chi connectivity index (χ4v) is 6.45. The highest BCUT2D eigenvalue weighted by molar-refractivity contribution is 8.01. The second-order valence-electron chi connectivity index (χ2n) is 6.89. The SMILES string of the molecule is CC1C(NC(=O)c2ccc(Sc3cccc(Cl)c3Cl)s2)C2CCN1CC2. The Bertz CT molecular complexity index is 816. The zero-order valence-electron chi connectivity index (χ0n) is 14.4. The summed E-state index contributed by atoms with van der Waals surface area (Å²) in [5.74, 6) is 0.641. The molecule has 5 rings (SSSR count). The van der Waals surface area contributed by atoms with Crippen molar-refractivity contribution < 1.29 is 4.79 Å². The molecule has 0 spiro atoms. The largest absolute Gasteiger partial charge is 0.347 e. The molecular weight excluding hydrogens is 407 g/mol. The molecule has 26 heavy (non-hydrogen) atoms. The minimum Gasteiger partial charge on any atom is -0.347 e. The van der Waals surface area contributed by atoms with Crippen molar-refractivity contribution in [2.24, 2.45) is 5.92 Å². The van der Waals surface area contributed by atoms with Crippen molar-refractivity contribution in [1.29, 1.82) is 0 Å². The summed E-state index contributed by atoms with van der Waals surface area (Å²) in [5.41, 5.74) is 0. The normalized spacial score (nSPS) is 27.5. The number of nitrogens with one attached hydrogen (secondary N) is 1. The average molecular weight is 427 g/mol. The van der Waals surface area contributed by atoms with Crippen LogP contribution in [0.4, 0.5) is 0 Å². The van der Waals surface area contributed by atoms with Gasteiger partial charge in [0, 0.05) is 17.0 Å². The van der Waals surface area contributed by atoms with Crippen LogP contribution in [0.15, 0.2) is 39.4 Å². The number of fused-ring (bicyclic) bond motifs is 3. The molecule has 4 heterocycles. The van der Waals surface area contributed by atoms with Crippen LogP contribution in [0.2, 0.25) is 10.0 Å². The van der Waals surface area contributed by atoms with E-state index in [2.05, 4.69) is 17.1 Å². The summed E-state index contributed by atoms with van der Waals surface area (Å²) in [4.78, 5) is 16.9. The van der Waals surface area contributed by atoms with Gasteiger partial charge >= 0.3 is 0 Å². The van der Waals surface area contributed by atoms with Gasteiger partial charge in [-0.05, 0) is 63.0 Å². The molecule has 3 saturated heterocycles. The van der Waals surface area contributed by atoms with Gasteiger partial charge in [-0.15, -0.1) is 11.3 Å². The van der Waals surface area contributed by atoms with Gasteiger partial charge in [-0.3, -0.25) is 9.69 Å². The average Bonchev–Trinajstić information content (AvgIpc) is 3.11. The maximum atomic E-state index is 12.7. The molecule has 1 N–H and O–H groups in total. The molecule has 0 radical (unpaired) electrons. The standard InChI is InChI=1S/C19H20Cl2N2OS2/c1-11-18(12-7-9-23(11)10-8-12)22-19(24)15-5-6-16(26-15)25-14-4-2-3-13(20)17(14)21/h2-6,11-12,18H,7-10H2,1H3,(H,22,24). The van der Waals surface area contributed by atoms with Crippen molar-refractivity contribution >= 4 is 52.2 Å². The summed E-state index contributed by atoms with van der Waals surface area (Å²) < 4.78 is 1.03. The number of nitrogens with zero attached hydrogens (tertiary/aromatic N) is 1. The molecule has 1 aromatic carbocycles. The molecule has 3 aliphatic rings. The van der Waals surface area contributed by atoms with E-state index in [4.69, 9.17) is 23.2 Å². The lowest BCUT2D eigenvalue weighted by Gasteiger charge is -2.49. The molecule has 2 atom stereocenters. The molecule has 3 fully saturated rings. The predicted molar refractivity (Wildman–Crippen MR) is 110 cm³/mol. The smallest absolute Gasteiger partial charge is 0.261 e. The molecule has 3 nitrogen and oxygen atoms in total. The Hall–Kier alpha value is -0.720. The van der Waals surface area contributed by atoms with Crippen LogP contribution in [0.1, 0.15) is 29.4 Å². The van der Waals surface area contributed by atoms with Crippen molar-refractivity contribution in [3.05, 3.63) is 45.3 Å². The summed E-state index contributed by atoms with van der Waals surface area (Å²) in [6, 6.07) is 10.1. The monoisotopic (exact) mass is 426 g/mol. The van der Waals surface area contributed by atoms with Crippen molar-refractivity contribution in [2.75, 3.05) is 13.1 Å². The maximum Gasteiger partial charge on any atom is 0.261 e. The van der Waals surface area contributed by atoms with E-state index < -0.39 is 0 Å². The van der Waals surface area contributed by atoms with Gasteiger partial charge < -0.3 is 5.32 Å². The van der Waals surface area contributed by atoms with Crippen molar-refractivity contribution in [3.63, 3.8) is 0 Å². The number of rotatable bonds is 4. The fraction of sp³-hybridized carbons (Fsp3) is 0.421. The molecule has 0 aliphatic carbocycles. The first-order valence-corrected chi connectivity index (χ1v) is 11.2. The van der Waals surface area contributed by atoms with Gasteiger partial charge in [0.25, 0.3) is 5.91 Å². The Morgan fingerprint density at radius 3 is 2.73 bits per heavy atom. The van der Waals surface area contributed by atoms with Crippen LogP contribution in [0.5, 0.6) is 0 Å². The number of thiophene rings is 1. The summed E-state index contributed by atoms with van der Waals surface area (Å²) >= 11 is 15.4. The molecule has 7 heteroatoms. The topological polar surface area (TPSA) is 32.3 Å². The molecule has 2 unspecified atom stereocenters. The Kier molecular flexibility index (Phi) is 5.53. The minimum atomic E-state index is 0.0321. The van der Waals surface area contributed by atoms with Gasteiger partial charge in [0.1, 0.15) is 0 Å². The van der Waals surface area contributed by atoms with E-state index in [1.165, 1.54) is 49.0 Å². The summed E-state index contributed by atoms with van der Waals surface area (Å²) in [6.45, 7) is 4.56. The molecule has 1 aromatic heterocycles. The summed E-state index contributed by atoms with van der Waals surface area (Å²) in [7, 11) is 0. The first kappa shape index (κ1) is 18.6. The minimum absolute atomic E-state index is 0.0321. The lowest BCUT2D eigenvalue weighted by atomic mass is 9.79. The third-order valence-electron chi connectivity index (χ3n) is 5.41. The zero-order chi connectivity index (χ0) is 18.3. The molecular formula is C19H20Cl2N2OS2. The van der Waals surface area contributed by atoms with Crippen LogP contribution in [0, 0.1) is 5.92 Å². The van der Waals surface area contributed by atoms with E-state index in [1.54, 1.807) is 6.07 Å². The zero-order valence-corrected chi connectivity index (χ0v) is 17.5. The summed E-state index contributed by atoms with van der Waals surface area (Å²) in [5, 5.41) is 4.39. The maximum absolute atomic E-state index is 12.7. The van der Waals surface area contributed by atoms with E-state index in [1.807, 2.05) is 24.3 Å². The van der Waals surface area contributed by atoms with Crippen molar-refractivity contribution in [1.82, 2.24) is 10.2 Å². The van der Waals surface area contributed by atoms with E-state index in [9.17, 15) is 4.79 Å². The predicted octanol–water partition coefficient (Wildman–Crippen LogP) is 5.42. The van der Waals surface area contributed by atoms with Crippen LogP contribution in [-0.4, -0.2) is 36.0 Å². The Labute approximate surface area is 172 Å². The lowest BCUT2D eigenvalue weighted by Crippen LogP contribution is -2.62. The molecule has 138 valence electrons. The van der Waals surface area contributed by atoms with Crippen LogP contribution < -0.4 is 5.32 Å². The first-order chi connectivity index (χ1) is 12.5. The van der Waals surface area contributed by atoms with E-state index in [0.717, 1.165) is 14.0 Å². The Morgan fingerprint density at radius 1 is 1.23 bits per heavy atom. The Balaban J connectivity index is 1.44. The van der Waals surface area contributed by atoms with Crippen LogP contribution in [-0.2, 0) is 0 Å². The van der Waals surface area contributed by atoms with Crippen LogP contribution >= 0.6 is 46.3 Å². The quantitative estimate of drug-likeness (QED) is 0.707. The molecule has 2 bridgehead atoms. The van der Waals surface area contributed by atoms with Crippen LogP contribution in [0.3, 0.4) is 0 Å². The van der Waals surface area contributed by atoms with Gasteiger partial charge in [0.2, 0.25) is 0 Å². The second kappa shape index (κ2) is 7.72. The third-order valence-corrected chi connectivity index (χ3v) is 8.61. The highest BCUT2D eigenvalue weighted by Gasteiger charge is 2.40. The van der Waals surface area contributed by atoms with Gasteiger partial charge in [-0.1, -0.05) is 41.0 Å². The molecule has 3 aliphatic heterocycles. The number of piperidine rings is 3. The van der Waals surface area contributed by atoms with E-state index >= 15 is 0 Å². The fourth-order valence-electron chi connectivity index (χ4n) is 3.94. The molecule has 1 amide bonds. The number of carbonyl (C=O) groups is 1. The van der Waals surface area contributed by atoms with Crippen molar-refractivity contribution in [3.8, 4) is 0 Å². The lowest BCUT2D eigenvalue weighted by molar-refractivity contribution is 0.0218. The highest BCUT2D eigenvalue weighted by atomic mass is 35.5. The van der Waals surface area contributed by atoms with Gasteiger partial charge in [-0.2, -0.15) is 0 Å². The first-order valence-electron chi connectivity index (χ1n) is 8.79. The van der Waals surface area contributed by atoms with E-state index in [-0.39, 0.29) is 11.9 Å². The second-order valence-corrected chi connectivity index (χ2v) is 10.1. The van der Waals surface area contributed by atoms with Crippen LogP contribution in [0.25, 0.3) is 0 Å². The highest BCUT2D eigenvalue weighted by Crippen LogP contribution is 2.40. The Morgan fingerprint density at radius 2 is 2.00 bits per heavy atom.